The van der Waals surface area contributed by atoms with Crippen LogP contribution in [0.25, 0.3) is 22.4 Å². The highest BCUT2D eigenvalue weighted by atomic mass is 19.1. The Morgan fingerprint density at radius 1 is 1.16 bits per heavy atom. The molecule has 0 aliphatic heterocycles. The largest absolute Gasteiger partial charge is 0.354 e. The van der Waals surface area contributed by atoms with Crippen LogP contribution in [0.3, 0.4) is 0 Å². The van der Waals surface area contributed by atoms with Gasteiger partial charge >= 0.3 is 0 Å². The lowest BCUT2D eigenvalue weighted by Crippen LogP contribution is -2.19. The number of hydrogen-bond acceptors (Lipinski definition) is 3. The minimum absolute atomic E-state index is 0.174. The summed E-state index contributed by atoms with van der Waals surface area (Å²) >= 11 is 0. The number of pyridine rings is 1. The molecular weight excluding hydrogens is 319 g/mol. The normalized spacial score (nSPS) is 10.9. The summed E-state index contributed by atoms with van der Waals surface area (Å²) in [7, 11) is 1.57. The number of halogens is 1. The molecule has 0 unspecified atom stereocenters. The summed E-state index contributed by atoms with van der Waals surface area (Å²) in [5.41, 5.74) is 3.59. The van der Waals surface area contributed by atoms with Crippen molar-refractivity contribution < 1.29 is 9.18 Å². The number of aromatic nitrogens is 3. The van der Waals surface area contributed by atoms with Gasteiger partial charge in [-0.1, -0.05) is 0 Å². The summed E-state index contributed by atoms with van der Waals surface area (Å²) < 4.78 is 15.1. The van der Waals surface area contributed by atoms with Crippen molar-refractivity contribution in [2.24, 2.45) is 0 Å². The number of nitrogens with zero attached hydrogens (tertiary/aromatic N) is 3. The van der Waals surface area contributed by atoms with Gasteiger partial charge in [-0.15, -0.1) is 0 Å². The number of carbonyl (C=O) groups excluding carboxylic acids is 1. The highest BCUT2D eigenvalue weighted by Crippen LogP contribution is 2.32. The zero-order valence-electron chi connectivity index (χ0n) is 14.3. The molecule has 0 aliphatic carbocycles. The Balaban J connectivity index is 2.15. The molecule has 6 heteroatoms. The number of benzene rings is 1. The molecule has 128 valence electrons. The van der Waals surface area contributed by atoms with E-state index in [2.05, 4.69) is 15.4 Å². The standard InChI is InChI=1S/C19H19FN4O/c1-12(2)24-11-16(14-8-9-22-17(10-14)19(25)21-3)18(23-24)13-4-6-15(20)7-5-13/h4-12H,1-3H3,(H,21,25). The second-order valence-electron chi connectivity index (χ2n) is 5.98. The molecule has 1 aromatic carbocycles. The van der Waals surface area contributed by atoms with Crippen LogP contribution in [0.15, 0.2) is 48.8 Å². The number of hydrogen-bond donors (Lipinski definition) is 1. The van der Waals surface area contributed by atoms with E-state index in [0.717, 1.165) is 22.4 Å². The van der Waals surface area contributed by atoms with E-state index in [0.29, 0.717) is 5.69 Å². The molecule has 0 atom stereocenters. The Labute approximate surface area is 145 Å². The molecule has 1 N–H and O–H groups in total. The summed E-state index contributed by atoms with van der Waals surface area (Å²) in [5, 5.41) is 7.23. The van der Waals surface area contributed by atoms with Crippen molar-refractivity contribution in [2.75, 3.05) is 7.05 Å². The third-order valence-corrected chi connectivity index (χ3v) is 3.91. The molecule has 1 amide bonds. The predicted molar refractivity (Wildman–Crippen MR) is 94.6 cm³/mol. The van der Waals surface area contributed by atoms with Gasteiger partial charge in [-0.05, 0) is 55.8 Å². The molecular formula is C19H19FN4O. The minimum Gasteiger partial charge on any atom is -0.354 e. The molecule has 0 saturated heterocycles. The molecule has 5 nitrogen and oxygen atoms in total. The molecule has 0 spiro atoms. The Bertz CT molecular complexity index is 900. The second kappa shape index (κ2) is 6.84. The molecule has 2 aromatic heterocycles. The topological polar surface area (TPSA) is 59.8 Å². The average Bonchev–Trinajstić information content (AvgIpc) is 3.07. The molecule has 3 rings (SSSR count). The smallest absolute Gasteiger partial charge is 0.269 e. The molecule has 25 heavy (non-hydrogen) atoms. The van der Waals surface area contributed by atoms with Crippen LogP contribution in [0.2, 0.25) is 0 Å². The third kappa shape index (κ3) is 3.42. The lowest BCUT2D eigenvalue weighted by atomic mass is 10.0. The first kappa shape index (κ1) is 16.8. The van der Waals surface area contributed by atoms with E-state index in [1.807, 2.05) is 30.8 Å². The van der Waals surface area contributed by atoms with Crippen molar-refractivity contribution in [1.29, 1.82) is 0 Å². The van der Waals surface area contributed by atoms with Crippen molar-refractivity contribution in [2.45, 2.75) is 19.9 Å². The van der Waals surface area contributed by atoms with Crippen molar-refractivity contribution in [3.8, 4) is 22.4 Å². The van der Waals surface area contributed by atoms with Gasteiger partial charge in [0.1, 0.15) is 17.2 Å². The van der Waals surface area contributed by atoms with Crippen molar-refractivity contribution in [1.82, 2.24) is 20.1 Å². The fourth-order valence-electron chi connectivity index (χ4n) is 2.54. The molecule has 2 heterocycles. The molecule has 0 saturated carbocycles. The van der Waals surface area contributed by atoms with E-state index in [1.54, 1.807) is 31.4 Å². The van der Waals surface area contributed by atoms with Crippen LogP contribution >= 0.6 is 0 Å². The third-order valence-electron chi connectivity index (χ3n) is 3.91. The van der Waals surface area contributed by atoms with Crippen LogP contribution in [-0.2, 0) is 0 Å². The number of nitrogens with one attached hydrogen (secondary N) is 1. The zero-order chi connectivity index (χ0) is 18.0. The van der Waals surface area contributed by atoms with Gasteiger partial charge in [0.05, 0.1) is 0 Å². The SMILES string of the molecule is CNC(=O)c1cc(-c2cn(C(C)C)nc2-c2ccc(F)cc2)ccn1. The zero-order valence-corrected chi connectivity index (χ0v) is 14.3. The minimum atomic E-state index is -0.292. The van der Waals surface area contributed by atoms with Gasteiger partial charge < -0.3 is 5.32 Å². The van der Waals surface area contributed by atoms with Gasteiger partial charge in [0.15, 0.2) is 0 Å². The van der Waals surface area contributed by atoms with Crippen LogP contribution in [-0.4, -0.2) is 27.7 Å². The van der Waals surface area contributed by atoms with E-state index in [9.17, 15) is 9.18 Å². The molecule has 3 aromatic rings. The van der Waals surface area contributed by atoms with E-state index >= 15 is 0 Å². The quantitative estimate of drug-likeness (QED) is 0.789. The van der Waals surface area contributed by atoms with Crippen molar-refractivity contribution >= 4 is 5.91 Å². The summed E-state index contributed by atoms with van der Waals surface area (Å²) in [4.78, 5) is 16.0. The van der Waals surface area contributed by atoms with Crippen molar-refractivity contribution in [3.05, 3.63) is 60.3 Å². The van der Waals surface area contributed by atoms with E-state index in [4.69, 9.17) is 0 Å². The number of amides is 1. The predicted octanol–water partition coefficient (Wildman–Crippen LogP) is 3.69. The lowest BCUT2D eigenvalue weighted by molar-refractivity contribution is 0.0958. The first-order valence-corrected chi connectivity index (χ1v) is 8.03. The van der Waals surface area contributed by atoms with Gasteiger partial charge in [0, 0.05) is 36.6 Å². The van der Waals surface area contributed by atoms with Gasteiger partial charge in [0.2, 0.25) is 0 Å². The Morgan fingerprint density at radius 3 is 2.52 bits per heavy atom. The van der Waals surface area contributed by atoms with Gasteiger partial charge in [-0.25, -0.2) is 4.39 Å². The maximum absolute atomic E-state index is 13.3. The Morgan fingerprint density at radius 2 is 1.88 bits per heavy atom. The van der Waals surface area contributed by atoms with Gasteiger partial charge in [0.25, 0.3) is 5.91 Å². The van der Waals surface area contributed by atoms with Gasteiger partial charge in [-0.3, -0.25) is 14.5 Å². The number of carbonyl (C=O) groups is 1. The summed E-state index contributed by atoms with van der Waals surface area (Å²) in [6, 6.07) is 9.97. The Kier molecular flexibility index (Phi) is 4.61. The van der Waals surface area contributed by atoms with Gasteiger partial charge in [-0.2, -0.15) is 5.10 Å². The fourth-order valence-corrected chi connectivity index (χ4v) is 2.54. The van der Waals surface area contributed by atoms with Crippen LogP contribution in [0.5, 0.6) is 0 Å². The van der Waals surface area contributed by atoms with Crippen LogP contribution in [0, 0.1) is 5.82 Å². The molecule has 0 radical (unpaired) electrons. The lowest BCUT2D eigenvalue weighted by Gasteiger charge is -2.05. The van der Waals surface area contributed by atoms with Crippen LogP contribution < -0.4 is 5.32 Å². The Hall–Kier alpha value is -3.02. The number of rotatable bonds is 4. The van der Waals surface area contributed by atoms with E-state index < -0.39 is 0 Å². The fraction of sp³-hybridized carbons (Fsp3) is 0.211. The molecule has 0 fully saturated rings. The maximum atomic E-state index is 13.3. The van der Waals surface area contributed by atoms with Crippen LogP contribution in [0.4, 0.5) is 4.39 Å². The summed E-state index contributed by atoms with van der Waals surface area (Å²) in [5.74, 6) is -0.541. The maximum Gasteiger partial charge on any atom is 0.269 e. The first-order valence-electron chi connectivity index (χ1n) is 8.03. The molecule has 0 aliphatic rings. The second-order valence-corrected chi connectivity index (χ2v) is 5.98. The average molecular weight is 338 g/mol. The highest BCUT2D eigenvalue weighted by Gasteiger charge is 2.16. The van der Waals surface area contributed by atoms with Crippen LogP contribution in [0.1, 0.15) is 30.4 Å². The molecule has 0 bridgehead atoms. The van der Waals surface area contributed by atoms with E-state index in [1.165, 1.54) is 12.1 Å². The summed E-state index contributed by atoms with van der Waals surface area (Å²) in [6.07, 6.45) is 3.54. The van der Waals surface area contributed by atoms with E-state index in [-0.39, 0.29) is 17.8 Å². The first-order chi connectivity index (χ1) is 12.0. The monoisotopic (exact) mass is 338 g/mol. The summed E-state index contributed by atoms with van der Waals surface area (Å²) in [6.45, 7) is 4.07. The highest BCUT2D eigenvalue weighted by molar-refractivity contribution is 5.94. The van der Waals surface area contributed by atoms with Crippen molar-refractivity contribution in [3.63, 3.8) is 0 Å².